The predicted octanol–water partition coefficient (Wildman–Crippen LogP) is 3.41. The molecule has 2 aromatic heterocycles. The van der Waals surface area contributed by atoms with Crippen LogP contribution in [0.25, 0.3) is 28.3 Å². The molecule has 4 heteroatoms. The molecule has 2 aromatic carbocycles. The minimum absolute atomic E-state index is 0. The third-order valence-electron chi connectivity index (χ3n) is 5.18. The van der Waals surface area contributed by atoms with Gasteiger partial charge in [-0.1, -0.05) is 82.3 Å². The first-order chi connectivity index (χ1) is 13.6. The molecule has 142 valence electrons. The zero-order valence-corrected chi connectivity index (χ0v) is 19.9. The molecule has 0 saturated carbocycles. The van der Waals surface area contributed by atoms with Crippen LogP contribution in [0, 0.1) is 0 Å². The van der Waals surface area contributed by atoms with Gasteiger partial charge in [-0.3, -0.25) is 4.57 Å². The Balaban J connectivity index is 0.00000240. The van der Waals surface area contributed by atoms with Gasteiger partial charge in [0.1, 0.15) is 5.82 Å². The van der Waals surface area contributed by atoms with Crippen molar-refractivity contribution in [2.75, 3.05) is 0 Å². The van der Waals surface area contributed by atoms with Crippen molar-refractivity contribution in [3.8, 4) is 28.3 Å². The van der Waals surface area contributed by atoms with E-state index in [2.05, 4.69) is 90.9 Å². The fourth-order valence-corrected chi connectivity index (χ4v) is 3.74. The van der Waals surface area contributed by atoms with Crippen molar-refractivity contribution in [1.29, 1.82) is 0 Å². The van der Waals surface area contributed by atoms with E-state index in [1.165, 1.54) is 22.4 Å². The van der Waals surface area contributed by atoms with Gasteiger partial charge in [0.05, 0.1) is 5.69 Å². The summed E-state index contributed by atoms with van der Waals surface area (Å²) in [5.41, 5.74) is 7.22. The molecule has 0 unspecified atom stereocenters. The molecule has 4 rings (SSSR count). The topological polar surface area (TPSA) is 31.9 Å². The van der Waals surface area contributed by atoms with E-state index in [0.717, 1.165) is 17.1 Å². The Labute approximate surface area is 195 Å². The first-order valence-corrected chi connectivity index (χ1v) is 9.91. The second-order valence-electron chi connectivity index (χ2n) is 7.82. The molecule has 0 aliphatic rings. The molecule has 0 amide bonds. The van der Waals surface area contributed by atoms with Crippen LogP contribution >= 0.6 is 0 Å². The van der Waals surface area contributed by atoms with Crippen LogP contribution < -0.4 is 34.5 Å². The number of hydrogen-bond donors (Lipinski definition) is 0. The van der Waals surface area contributed by atoms with Crippen LogP contribution in [-0.2, 0) is 0 Å². The van der Waals surface area contributed by atoms with Gasteiger partial charge in [0, 0.05) is 18.0 Å². The maximum absolute atomic E-state index is 4.69. The standard InChI is InChI=1S/C25H26N3.Na/c1-17(2)21-15-20(23-11-8-12-26-23)16-22(18(3)4)24(21)28-14-13-27-25(28)19-9-6-5-7-10-19;/h5-18H,1-4H3;/q-1;+1. The van der Waals surface area contributed by atoms with Gasteiger partial charge in [-0.2, -0.15) is 6.20 Å². The number of hydrogen-bond acceptors (Lipinski definition) is 1. The first kappa shape index (κ1) is 21.6. The van der Waals surface area contributed by atoms with Crippen molar-refractivity contribution in [2.45, 2.75) is 39.5 Å². The maximum atomic E-state index is 4.69. The summed E-state index contributed by atoms with van der Waals surface area (Å²) in [7, 11) is 0. The average molecular weight is 391 g/mol. The first-order valence-electron chi connectivity index (χ1n) is 9.91. The van der Waals surface area contributed by atoms with Crippen molar-refractivity contribution in [3.05, 3.63) is 84.3 Å². The van der Waals surface area contributed by atoms with Crippen molar-refractivity contribution in [2.24, 2.45) is 0 Å². The summed E-state index contributed by atoms with van der Waals surface area (Å²) >= 11 is 0. The Kier molecular flexibility index (Phi) is 6.84. The molecule has 0 aliphatic carbocycles. The molecule has 0 N–H and O–H groups in total. The van der Waals surface area contributed by atoms with Gasteiger partial charge in [-0.05, 0) is 28.5 Å². The van der Waals surface area contributed by atoms with Crippen molar-refractivity contribution < 1.29 is 29.6 Å². The monoisotopic (exact) mass is 391 g/mol. The quantitative estimate of drug-likeness (QED) is 0.488. The van der Waals surface area contributed by atoms with E-state index in [0.29, 0.717) is 11.8 Å². The van der Waals surface area contributed by atoms with E-state index in [9.17, 15) is 0 Å². The third kappa shape index (κ3) is 4.28. The molecular weight excluding hydrogens is 365 g/mol. The largest absolute Gasteiger partial charge is 1.00 e. The van der Waals surface area contributed by atoms with Gasteiger partial charge in [0.15, 0.2) is 0 Å². The van der Waals surface area contributed by atoms with Gasteiger partial charge < -0.3 is 4.98 Å². The second-order valence-corrected chi connectivity index (χ2v) is 7.82. The maximum Gasteiger partial charge on any atom is 1.00 e. The van der Waals surface area contributed by atoms with Crippen LogP contribution in [0.3, 0.4) is 0 Å². The Morgan fingerprint density at radius 2 is 1.48 bits per heavy atom. The SMILES string of the molecule is CC(C)c1cc(-c2ccc[n-]2)cc(C(C)C)c1-n1ccnc1-c1ccccc1.[Na+]. The fraction of sp³-hybridized carbons (Fsp3) is 0.240. The smallest absolute Gasteiger partial charge is 0.664 e. The molecule has 0 atom stereocenters. The number of nitrogens with zero attached hydrogens (tertiary/aromatic N) is 3. The number of imidazole rings is 1. The van der Waals surface area contributed by atoms with E-state index in [-0.39, 0.29) is 29.6 Å². The zero-order valence-electron chi connectivity index (χ0n) is 17.9. The molecule has 0 radical (unpaired) electrons. The molecule has 0 saturated heterocycles. The molecule has 0 spiro atoms. The van der Waals surface area contributed by atoms with Crippen molar-refractivity contribution in [3.63, 3.8) is 0 Å². The molecule has 0 bridgehead atoms. The molecule has 29 heavy (non-hydrogen) atoms. The molecule has 3 nitrogen and oxygen atoms in total. The Hall–Kier alpha value is -2.07. The number of rotatable bonds is 5. The van der Waals surface area contributed by atoms with E-state index >= 15 is 0 Å². The molecule has 0 fully saturated rings. The van der Waals surface area contributed by atoms with E-state index in [1.807, 2.05) is 24.5 Å². The number of benzene rings is 2. The zero-order chi connectivity index (χ0) is 19.7. The van der Waals surface area contributed by atoms with Gasteiger partial charge in [0.2, 0.25) is 0 Å². The number of aromatic nitrogens is 3. The molecule has 0 aliphatic heterocycles. The Bertz CT molecular complexity index is 1030. The van der Waals surface area contributed by atoms with Gasteiger partial charge in [-0.15, -0.1) is 5.69 Å². The normalized spacial score (nSPS) is 11.1. The summed E-state index contributed by atoms with van der Waals surface area (Å²) < 4.78 is 2.25. The van der Waals surface area contributed by atoms with Crippen LogP contribution in [-0.4, -0.2) is 9.55 Å². The Morgan fingerprint density at radius 1 is 0.828 bits per heavy atom. The third-order valence-corrected chi connectivity index (χ3v) is 5.18. The fourth-order valence-electron chi connectivity index (χ4n) is 3.74. The summed E-state index contributed by atoms with van der Waals surface area (Å²) in [4.78, 5) is 9.21. The minimum atomic E-state index is 0. The second kappa shape index (κ2) is 9.17. The molecule has 4 aromatic rings. The predicted molar refractivity (Wildman–Crippen MR) is 116 cm³/mol. The summed E-state index contributed by atoms with van der Waals surface area (Å²) in [6.45, 7) is 9.02. The minimum Gasteiger partial charge on any atom is -0.664 e. The van der Waals surface area contributed by atoms with Gasteiger partial charge in [0.25, 0.3) is 0 Å². The summed E-state index contributed by atoms with van der Waals surface area (Å²) in [6.07, 6.45) is 5.83. The summed E-state index contributed by atoms with van der Waals surface area (Å²) in [5, 5.41) is 0. The van der Waals surface area contributed by atoms with Crippen LogP contribution in [0.5, 0.6) is 0 Å². The van der Waals surface area contributed by atoms with Crippen LogP contribution in [0.2, 0.25) is 0 Å². The van der Waals surface area contributed by atoms with Crippen molar-refractivity contribution >= 4 is 0 Å². The van der Waals surface area contributed by atoms with E-state index < -0.39 is 0 Å². The van der Waals surface area contributed by atoms with E-state index in [4.69, 9.17) is 0 Å². The van der Waals surface area contributed by atoms with Gasteiger partial charge >= 0.3 is 29.6 Å². The van der Waals surface area contributed by atoms with E-state index in [1.54, 1.807) is 0 Å². The van der Waals surface area contributed by atoms with Gasteiger partial charge in [-0.25, -0.2) is 4.98 Å². The van der Waals surface area contributed by atoms with Crippen LogP contribution in [0.1, 0.15) is 50.7 Å². The molecular formula is C25H26N3Na. The average Bonchev–Trinajstić information content (AvgIpc) is 3.39. The van der Waals surface area contributed by atoms with Crippen LogP contribution in [0.4, 0.5) is 0 Å². The Morgan fingerprint density at radius 3 is 2.03 bits per heavy atom. The van der Waals surface area contributed by atoms with Crippen LogP contribution in [0.15, 0.2) is 73.2 Å². The molecule has 2 heterocycles. The summed E-state index contributed by atoms with van der Waals surface area (Å²) in [6, 6.07) is 19.1. The summed E-state index contributed by atoms with van der Waals surface area (Å²) in [5.74, 6) is 1.74. The van der Waals surface area contributed by atoms with Crippen molar-refractivity contribution in [1.82, 2.24) is 14.5 Å².